The molecule has 5 heteroatoms. The van der Waals surface area contributed by atoms with Gasteiger partial charge in [0, 0.05) is 15.3 Å². The number of pyridine rings is 1. The van der Waals surface area contributed by atoms with E-state index in [0.717, 1.165) is 3.57 Å². The fourth-order valence-electron chi connectivity index (χ4n) is 1.04. The van der Waals surface area contributed by atoms with Gasteiger partial charge in [0.2, 0.25) is 0 Å². The average molecular weight is 318 g/mol. The van der Waals surface area contributed by atoms with E-state index in [1.165, 1.54) is 0 Å². The van der Waals surface area contributed by atoms with Crippen molar-refractivity contribution in [2.75, 3.05) is 0 Å². The molecule has 0 spiro atoms. The highest BCUT2D eigenvalue weighted by Gasteiger charge is 2.17. The molecule has 0 fully saturated rings. The molecule has 1 aromatic rings. The first-order valence-electron chi connectivity index (χ1n) is 3.56. The van der Waals surface area contributed by atoms with Crippen LogP contribution in [0.5, 0.6) is 0 Å². The molecular weight excluding hydrogens is 310 g/mol. The van der Waals surface area contributed by atoms with Gasteiger partial charge in [0.15, 0.2) is 0 Å². The van der Waals surface area contributed by atoms with Gasteiger partial charge >= 0.3 is 0 Å². The lowest BCUT2D eigenvalue weighted by Gasteiger charge is -2.09. The number of halogens is 4. The Morgan fingerprint density at radius 2 is 2.23 bits per heavy atom. The molecular formula is C8H7ClF2IN. The molecule has 1 rings (SSSR count). The van der Waals surface area contributed by atoms with Gasteiger partial charge in [-0.3, -0.25) is 4.98 Å². The lowest BCUT2D eigenvalue weighted by molar-refractivity contribution is 0.149. The van der Waals surface area contributed by atoms with Crippen molar-refractivity contribution in [2.24, 2.45) is 0 Å². The molecule has 0 atom stereocenters. The minimum absolute atomic E-state index is 0.0252. The second-order valence-corrected chi connectivity index (χ2v) is 3.96. The Hall–Kier alpha value is 0.0300. The molecule has 0 aliphatic rings. The molecule has 0 radical (unpaired) electrons. The van der Waals surface area contributed by atoms with E-state index in [9.17, 15) is 8.78 Å². The van der Waals surface area contributed by atoms with E-state index in [4.69, 9.17) is 11.6 Å². The monoisotopic (exact) mass is 317 g/mol. The number of hydrogen-bond acceptors (Lipinski definition) is 1. The van der Waals surface area contributed by atoms with Gasteiger partial charge in [0.05, 0.1) is 11.6 Å². The van der Waals surface area contributed by atoms with Gasteiger partial charge in [-0.05, 0) is 35.1 Å². The minimum Gasteiger partial charge on any atom is -0.258 e. The molecule has 0 saturated heterocycles. The van der Waals surface area contributed by atoms with Crippen molar-refractivity contribution in [3.05, 3.63) is 26.6 Å². The molecule has 1 nitrogen and oxygen atoms in total. The second kappa shape index (κ2) is 4.50. The summed E-state index contributed by atoms with van der Waals surface area (Å²) in [5.41, 5.74) is 0.817. The summed E-state index contributed by atoms with van der Waals surface area (Å²) in [4.78, 5) is 3.86. The molecule has 1 heterocycles. The summed E-state index contributed by atoms with van der Waals surface area (Å²) < 4.78 is 25.8. The summed E-state index contributed by atoms with van der Waals surface area (Å²) in [6.07, 6.45) is -0.949. The summed E-state index contributed by atoms with van der Waals surface area (Å²) in [6, 6.07) is 0. The number of alkyl halides is 3. The first-order chi connectivity index (χ1) is 6.07. The maximum absolute atomic E-state index is 12.6. The van der Waals surface area contributed by atoms with Gasteiger partial charge in [0.1, 0.15) is 0 Å². The van der Waals surface area contributed by atoms with Crippen LogP contribution in [0.2, 0.25) is 0 Å². The predicted molar refractivity (Wildman–Crippen MR) is 56.2 cm³/mol. The van der Waals surface area contributed by atoms with Crippen molar-refractivity contribution in [1.82, 2.24) is 4.98 Å². The minimum atomic E-state index is -2.50. The zero-order valence-corrected chi connectivity index (χ0v) is 9.73. The zero-order valence-electron chi connectivity index (χ0n) is 6.82. The normalized spacial score (nSPS) is 10.9. The largest absolute Gasteiger partial charge is 0.265 e. The van der Waals surface area contributed by atoms with E-state index in [0.29, 0.717) is 5.56 Å². The molecule has 0 aliphatic heterocycles. The summed E-state index contributed by atoms with van der Waals surface area (Å²) in [6.45, 7) is 1.65. The highest BCUT2D eigenvalue weighted by molar-refractivity contribution is 14.1. The number of nitrogens with zero attached hydrogens (tertiary/aromatic N) is 1. The van der Waals surface area contributed by atoms with E-state index >= 15 is 0 Å². The van der Waals surface area contributed by atoms with Gasteiger partial charge < -0.3 is 0 Å². The van der Waals surface area contributed by atoms with E-state index < -0.39 is 6.43 Å². The van der Waals surface area contributed by atoms with Crippen LogP contribution in [0, 0.1) is 10.5 Å². The van der Waals surface area contributed by atoms with Crippen LogP contribution in [-0.2, 0) is 5.88 Å². The van der Waals surface area contributed by atoms with Crippen molar-refractivity contribution in [2.45, 2.75) is 19.2 Å². The van der Waals surface area contributed by atoms with E-state index in [-0.39, 0.29) is 17.1 Å². The van der Waals surface area contributed by atoms with Crippen LogP contribution < -0.4 is 0 Å². The molecule has 0 unspecified atom stereocenters. The Morgan fingerprint density at radius 3 is 2.69 bits per heavy atom. The van der Waals surface area contributed by atoms with Crippen molar-refractivity contribution in [3.8, 4) is 0 Å². The van der Waals surface area contributed by atoms with Crippen molar-refractivity contribution in [1.29, 1.82) is 0 Å². The number of rotatable bonds is 2. The van der Waals surface area contributed by atoms with Crippen LogP contribution in [0.1, 0.15) is 23.2 Å². The SMILES string of the molecule is Cc1c(I)cnc(CCl)c1C(F)F. The smallest absolute Gasteiger partial charge is 0.258 e. The quantitative estimate of drug-likeness (QED) is 0.599. The molecule has 0 amide bonds. The number of aromatic nitrogens is 1. The number of hydrogen-bond donors (Lipinski definition) is 0. The lowest BCUT2D eigenvalue weighted by atomic mass is 10.1. The second-order valence-electron chi connectivity index (χ2n) is 2.53. The molecule has 13 heavy (non-hydrogen) atoms. The molecule has 0 bridgehead atoms. The molecule has 72 valence electrons. The molecule has 0 N–H and O–H groups in total. The van der Waals surface area contributed by atoms with Crippen LogP contribution in [0.4, 0.5) is 8.78 Å². The van der Waals surface area contributed by atoms with Crippen LogP contribution >= 0.6 is 34.2 Å². The van der Waals surface area contributed by atoms with E-state index in [1.807, 2.05) is 22.6 Å². The fourth-order valence-corrected chi connectivity index (χ4v) is 1.68. The topological polar surface area (TPSA) is 12.9 Å². The van der Waals surface area contributed by atoms with Gasteiger partial charge in [-0.15, -0.1) is 11.6 Å². The van der Waals surface area contributed by atoms with Crippen LogP contribution in [-0.4, -0.2) is 4.98 Å². The first kappa shape index (κ1) is 11.1. The summed E-state index contributed by atoms with van der Waals surface area (Å²) in [5, 5.41) is 0. The molecule has 0 saturated carbocycles. The van der Waals surface area contributed by atoms with Crippen LogP contribution in [0.15, 0.2) is 6.20 Å². The van der Waals surface area contributed by atoms with Gasteiger partial charge in [-0.25, -0.2) is 8.78 Å². The molecule has 0 aliphatic carbocycles. The fraction of sp³-hybridized carbons (Fsp3) is 0.375. The average Bonchev–Trinajstić information content (AvgIpc) is 2.08. The Morgan fingerprint density at radius 1 is 1.62 bits per heavy atom. The van der Waals surface area contributed by atoms with Crippen LogP contribution in [0.3, 0.4) is 0 Å². The highest BCUT2D eigenvalue weighted by Crippen LogP contribution is 2.28. The van der Waals surface area contributed by atoms with Gasteiger partial charge in [-0.2, -0.15) is 0 Å². The summed E-state index contributed by atoms with van der Waals surface area (Å²) in [7, 11) is 0. The van der Waals surface area contributed by atoms with Crippen molar-refractivity contribution < 1.29 is 8.78 Å². The molecule has 1 aromatic heterocycles. The summed E-state index contributed by atoms with van der Waals surface area (Å²) in [5.74, 6) is 0.0252. The maximum atomic E-state index is 12.6. The first-order valence-corrected chi connectivity index (χ1v) is 5.17. The zero-order chi connectivity index (χ0) is 10.0. The van der Waals surface area contributed by atoms with Crippen molar-refractivity contribution >= 4 is 34.2 Å². The van der Waals surface area contributed by atoms with Crippen molar-refractivity contribution in [3.63, 3.8) is 0 Å². The Labute approximate surface area is 93.6 Å². The van der Waals surface area contributed by atoms with Gasteiger partial charge in [-0.1, -0.05) is 0 Å². The van der Waals surface area contributed by atoms with E-state index in [1.54, 1.807) is 13.1 Å². The Balaban J connectivity index is 3.32. The van der Waals surface area contributed by atoms with Gasteiger partial charge in [0.25, 0.3) is 6.43 Å². The standard InChI is InChI=1S/C8H7ClF2IN/c1-4-5(12)3-13-6(2-9)7(4)8(10)11/h3,8H,2H2,1H3. The Bertz CT molecular complexity index is 317. The molecule has 0 aromatic carbocycles. The third-order valence-corrected chi connectivity index (χ3v) is 3.09. The third-order valence-electron chi connectivity index (χ3n) is 1.75. The van der Waals surface area contributed by atoms with E-state index in [2.05, 4.69) is 4.98 Å². The lowest BCUT2D eigenvalue weighted by Crippen LogP contribution is -2.01. The summed E-state index contributed by atoms with van der Waals surface area (Å²) >= 11 is 7.48. The third kappa shape index (κ3) is 2.28. The Kier molecular flexibility index (Phi) is 3.85. The van der Waals surface area contributed by atoms with Crippen LogP contribution in [0.25, 0.3) is 0 Å². The predicted octanol–water partition coefficient (Wildman–Crippen LogP) is 3.67. The highest BCUT2D eigenvalue weighted by atomic mass is 127. The maximum Gasteiger partial charge on any atom is 0.265 e.